The molecule has 0 amide bonds. The molecule has 0 radical (unpaired) electrons. The van der Waals surface area contributed by atoms with Gasteiger partial charge in [-0.25, -0.2) is 13.1 Å². The number of benzene rings is 1. The maximum atomic E-state index is 11.8. The quantitative estimate of drug-likeness (QED) is 0.911. The molecule has 1 aromatic carbocycles. The largest absolute Gasteiger partial charge is 0.379 e. The van der Waals surface area contributed by atoms with Crippen molar-refractivity contribution in [3.63, 3.8) is 0 Å². The highest BCUT2D eigenvalue weighted by molar-refractivity contribution is 7.89. The van der Waals surface area contributed by atoms with E-state index in [1.807, 2.05) is 24.3 Å². The Hall–Kier alpha value is -1.50. The average Bonchev–Trinajstić information content (AvgIpc) is 2.94. The minimum absolute atomic E-state index is 0.0917. The molecule has 1 aromatic heterocycles. The lowest BCUT2D eigenvalue weighted by Crippen LogP contribution is -2.41. The first kappa shape index (κ1) is 15.4. The van der Waals surface area contributed by atoms with Crippen LogP contribution in [0.5, 0.6) is 0 Å². The van der Waals surface area contributed by atoms with E-state index < -0.39 is 10.0 Å². The van der Waals surface area contributed by atoms with Crippen molar-refractivity contribution in [3.8, 4) is 0 Å². The fraction of sp³-hybridized carbons (Fsp3) is 0.438. The Balaban J connectivity index is 1.82. The molecule has 1 aliphatic rings. The number of ether oxygens (including phenoxy) is 1. The first-order valence-corrected chi connectivity index (χ1v) is 9.14. The lowest BCUT2D eigenvalue weighted by atomic mass is 9.93. The van der Waals surface area contributed by atoms with Crippen molar-refractivity contribution in [3.05, 3.63) is 42.1 Å². The van der Waals surface area contributed by atoms with Crippen LogP contribution in [0.3, 0.4) is 0 Å². The number of pyridine rings is 1. The molecule has 1 saturated heterocycles. The molecule has 0 bridgehead atoms. The Labute approximate surface area is 130 Å². The van der Waals surface area contributed by atoms with E-state index in [0.717, 1.165) is 17.3 Å². The van der Waals surface area contributed by atoms with Crippen LogP contribution in [0.1, 0.15) is 12.5 Å². The van der Waals surface area contributed by atoms with Crippen molar-refractivity contribution in [2.75, 3.05) is 19.0 Å². The summed E-state index contributed by atoms with van der Waals surface area (Å²) < 4.78 is 31.8. The summed E-state index contributed by atoms with van der Waals surface area (Å²) in [6.07, 6.45) is 2.58. The molecule has 1 fully saturated rings. The molecule has 5 nitrogen and oxygen atoms in total. The molecular formula is C16H20N2O3S. The summed E-state index contributed by atoms with van der Waals surface area (Å²) in [6, 6.07) is 9.86. The second kappa shape index (κ2) is 6.32. The normalized spacial score (nSPS) is 22.2. The molecule has 3 rings (SSSR count). The molecule has 1 N–H and O–H groups in total. The van der Waals surface area contributed by atoms with E-state index >= 15 is 0 Å². The minimum Gasteiger partial charge on any atom is -0.379 e. The number of aromatic nitrogens is 1. The fourth-order valence-corrected chi connectivity index (χ4v) is 3.75. The molecule has 22 heavy (non-hydrogen) atoms. The second-order valence-corrected chi connectivity index (χ2v) is 7.66. The van der Waals surface area contributed by atoms with Crippen LogP contribution in [-0.2, 0) is 21.2 Å². The number of sulfonamides is 1. The van der Waals surface area contributed by atoms with E-state index in [-0.39, 0.29) is 17.7 Å². The summed E-state index contributed by atoms with van der Waals surface area (Å²) in [4.78, 5) is 4.37. The van der Waals surface area contributed by atoms with Gasteiger partial charge in [-0.15, -0.1) is 0 Å². The monoisotopic (exact) mass is 320 g/mol. The van der Waals surface area contributed by atoms with Gasteiger partial charge in [0, 0.05) is 17.5 Å². The van der Waals surface area contributed by atoms with Crippen LogP contribution >= 0.6 is 0 Å². The number of nitrogens with one attached hydrogen (secondary N) is 1. The van der Waals surface area contributed by atoms with E-state index in [9.17, 15) is 8.42 Å². The lowest BCUT2D eigenvalue weighted by Gasteiger charge is -2.19. The van der Waals surface area contributed by atoms with Crippen LogP contribution in [0.25, 0.3) is 10.9 Å². The Morgan fingerprint density at radius 2 is 2.09 bits per heavy atom. The van der Waals surface area contributed by atoms with Crippen LogP contribution in [0.4, 0.5) is 0 Å². The summed E-state index contributed by atoms with van der Waals surface area (Å²) in [5, 5.41) is 1.12. The molecule has 0 saturated carbocycles. The average molecular weight is 320 g/mol. The van der Waals surface area contributed by atoms with Crippen molar-refractivity contribution in [1.29, 1.82) is 0 Å². The van der Waals surface area contributed by atoms with Gasteiger partial charge in [0.1, 0.15) is 0 Å². The predicted molar refractivity (Wildman–Crippen MR) is 86.1 cm³/mol. The van der Waals surface area contributed by atoms with Crippen LogP contribution in [0, 0.1) is 5.92 Å². The SMILES string of the molecule is CCS(=O)(=O)N[C@@H]1COC[C@H]1Cc1ccnc2ccccc12. The summed E-state index contributed by atoms with van der Waals surface area (Å²) in [7, 11) is -3.21. The van der Waals surface area contributed by atoms with Gasteiger partial charge < -0.3 is 4.74 Å². The summed E-state index contributed by atoms with van der Waals surface area (Å²) in [6.45, 7) is 2.66. The molecule has 118 valence electrons. The second-order valence-electron chi connectivity index (χ2n) is 5.62. The van der Waals surface area contributed by atoms with Gasteiger partial charge >= 0.3 is 0 Å². The molecule has 2 aromatic rings. The Kier molecular flexibility index (Phi) is 4.42. The third-order valence-electron chi connectivity index (χ3n) is 4.13. The third kappa shape index (κ3) is 3.29. The molecule has 2 atom stereocenters. The van der Waals surface area contributed by atoms with Gasteiger partial charge in [0.25, 0.3) is 0 Å². The van der Waals surface area contributed by atoms with E-state index in [1.54, 1.807) is 13.1 Å². The van der Waals surface area contributed by atoms with Crippen LogP contribution in [0.2, 0.25) is 0 Å². The zero-order chi connectivity index (χ0) is 15.6. The van der Waals surface area contributed by atoms with Gasteiger partial charge in [-0.2, -0.15) is 0 Å². The van der Waals surface area contributed by atoms with Gasteiger partial charge in [0.2, 0.25) is 10.0 Å². The summed E-state index contributed by atoms with van der Waals surface area (Å²) >= 11 is 0. The highest BCUT2D eigenvalue weighted by Crippen LogP contribution is 2.24. The molecule has 0 unspecified atom stereocenters. The van der Waals surface area contributed by atoms with E-state index in [2.05, 4.69) is 15.8 Å². The van der Waals surface area contributed by atoms with Crippen molar-refractivity contribution in [1.82, 2.24) is 9.71 Å². The number of fused-ring (bicyclic) bond motifs is 1. The first-order chi connectivity index (χ1) is 10.6. The van der Waals surface area contributed by atoms with Crippen molar-refractivity contribution >= 4 is 20.9 Å². The molecule has 6 heteroatoms. The number of rotatable bonds is 5. The van der Waals surface area contributed by atoms with E-state index in [4.69, 9.17) is 4.74 Å². The van der Waals surface area contributed by atoms with Crippen molar-refractivity contribution < 1.29 is 13.2 Å². The van der Waals surface area contributed by atoms with Gasteiger partial charge in [-0.05, 0) is 31.0 Å². The Bertz CT molecular complexity index is 756. The zero-order valence-corrected chi connectivity index (χ0v) is 13.3. The number of para-hydroxylation sites is 1. The first-order valence-electron chi connectivity index (χ1n) is 7.49. The standard InChI is InChI=1S/C16H20N2O3S/c1-2-22(19,20)18-16-11-21-10-13(16)9-12-7-8-17-15-6-4-3-5-14(12)15/h3-8,13,16,18H,2,9-11H2,1H3/t13-,16-/m1/s1. The van der Waals surface area contributed by atoms with Crippen LogP contribution < -0.4 is 4.72 Å². The zero-order valence-electron chi connectivity index (χ0n) is 12.5. The van der Waals surface area contributed by atoms with Gasteiger partial charge in [0.05, 0.1) is 30.5 Å². The molecule has 2 heterocycles. The Morgan fingerprint density at radius 1 is 1.27 bits per heavy atom. The van der Waals surface area contributed by atoms with Crippen molar-refractivity contribution in [2.45, 2.75) is 19.4 Å². The maximum Gasteiger partial charge on any atom is 0.211 e. The van der Waals surface area contributed by atoms with Crippen molar-refractivity contribution in [2.24, 2.45) is 5.92 Å². The molecule has 0 spiro atoms. The third-order valence-corrected chi connectivity index (χ3v) is 5.55. The van der Waals surface area contributed by atoms with E-state index in [0.29, 0.717) is 13.2 Å². The summed E-state index contributed by atoms with van der Waals surface area (Å²) in [5.41, 5.74) is 2.14. The number of hydrogen-bond donors (Lipinski definition) is 1. The maximum absolute atomic E-state index is 11.8. The molecule has 0 aliphatic carbocycles. The highest BCUT2D eigenvalue weighted by atomic mass is 32.2. The lowest BCUT2D eigenvalue weighted by molar-refractivity contribution is 0.183. The van der Waals surface area contributed by atoms with Crippen LogP contribution in [-0.4, -0.2) is 38.4 Å². The number of hydrogen-bond acceptors (Lipinski definition) is 4. The Morgan fingerprint density at radius 3 is 2.91 bits per heavy atom. The summed E-state index contributed by atoms with van der Waals surface area (Å²) in [5.74, 6) is 0.237. The topological polar surface area (TPSA) is 68.3 Å². The van der Waals surface area contributed by atoms with Gasteiger partial charge in [0.15, 0.2) is 0 Å². The highest BCUT2D eigenvalue weighted by Gasteiger charge is 2.31. The smallest absolute Gasteiger partial charge is 0.211 e. The number of nitrogens with zero attached hydrogens (tertiary/aromatic N) is 1. The van der Waals surface area contributed by atoms with Crippen LogP contribution in [0.15, 0.2) is 36.5 Å². The molecular weight excluding hydrogens is 300 g/mol. The van der Waals surface area contributed by atoms with Gasteiger partial charge in [-0.3, -0.25) is 4.98 Å². The predicted octanol–water partition coefficient (Wildman–Crippen LogP) is 1.73. The minimum atomic E-state index is -3.21. The van der Waals surface area contributed by atoms with Gasteiger partial charge in [-0.1, -0.05) is 18.2 Å². The molecule has 1 aliphatic heterocycles. The fourth-order valence-electron chi connectivity index (χ4n) is 2.86. The van der Waals surface area contributed by atoms with E-state index in [1.165, 1.54) is 5.56 Å².